The third-order valence-electron chi connectivity index (χ3n) is 4.18. The van der Waals surface area contributed by atoms with Crippen LogP contribution in [-0.4, -0.2) is 37.6 Å². The van der Waals surface area contributed by atoms with Crippen LogP contribution in [0.2, 0.25) is 0 Å². The molecule has 10 nitrogen and oxygen atoms in total. The molecule has 2 heterocycles. The Labute approximate surface area is 167 Å². The van der Waals surface area contributed by atoms with Crippen molar-refractivity contribution in [2.75, 3.05) is 10.6 Å². The van der Waals surface area contributed by atoms with Gasteiger partial charge in [-0.25, -0.2) is 14.6 Å². The first-order chi connectivity index (χ1) is 13.8. The Balaban J connectivity index is 1.86. The van der Waals surface area contributed by atoms with Crippen molar-refractivity contribution in [3.8, 4) is 5.69 Å². The molecule has 10 heteroatoms. The van der Waals surface area contributed by atoms with E-state index in [1.807, 2.05) is 50.4 Å². The molecule has 150 valence electrons. The minimum Gasteiger partial charge on any atom is -0.368 e. The van der Waals surface area contributed by atoms with Gasteiger partial charge in [-0.05, 0) is 36.2 Å². The summed E-state index contributed by atoms with van der Waals surface area (Å²) in [4.78, 5) is 31.8. The van der Waals surface area contributed by atoms with Gasteiger partial charge in [0.15, 0.2) is 11.5 Å². The highest BCUT2D eigenvalue weighted by Crippen LogP contribution is 2.21. The summed E-state index contributed by atoms with van der Waals surface area (Å²) in [7, 11) is 0. The minimum absolute atomic E-state index is 0.0214. The Hall–Kier alpha value is -3.95. The van der Waals surface area contributed by atoms with Crippen molar-refractivity contribution in [1.29, 1.82) is 0 Å². The maximum absolute atomic E-state index is 11.7. The van der Waals surface area contributed by atoms with Crippen LogP contribution < -0.4 is 22.1 Å². The fraction of sp³-hybridized carbons (Fsp3) is 0.211. The standard InChI is InChI=1S/C19H22N8O2/c1-11(2)15(17(20)28)25-14-10-22-16(18(21)29)19(26-14)24-12-4-6-13(7-5-12)27-9-3-8-23-27/h3-11,15H,1-2H3,(H2,20,28)(H2,21,29)(H2,24,25,26)/t15-/m1/s1. The second-order valence-electron chi connectivity index (χ2n) is 6.71. The van der Waals surface area contributed by atoms with E-state index in [1.165, 1.54) is 6.20 Å². The second kappa shape index (κ2) is 8.38. The number of carbonyl (C=O) groups is 2. The lowest BCUT2D eigenvalue weighted by atomic mass is 10.0. The molecule has 29 heavy (non-hydrogen) atoms. The number of amides is 2. The van der Waals surface area contributed by atoms with Gasteiger partial charge in [-0.3, -0.25) is 9.59 Å². The summed E-state index contributed by atoms with van der Waals surface area (Å²) in [5.74, 6) is -0.833. The molecule has 0 fully saturated rings. The molecule has 1 aromatic carbocycles. The van der Waals surface area contributed by atoms with Crippen LogP contribution in [0.4, 0.5) is 17.3 Å². The highest BCUT2D eigenvalue weighted by atomic mass is 16.1. The van der Waals surface area contributed by atoms with Crippen molar-refractivity contribution in [2.24, 2.45) is 17.4 Å². The number of hydrogen-bond acceptors (Lipinski definition) is 7. The van der Waals surface area contributed by atoms with Gasteiger partial charge in [-0.2, -0.15) is 5.10 Å². The molecule has 0 aliphatic heterocycles. The summed E-state index contributed by atoms with van der Waals surface area (Å²) in [5.41, 5.74) is 12.4. The fourth-order valence-electron chi connectivity index (χ4n) is 2.71. The zero-order valence-electron chi connectivity index (χ0n) is 16.0. The normalized spacial score (nSPS) is 11.8. The van der Waals surface area contributed by atoms with Crippen molar-refractivity contribution in [2.45, 2.75) is 19.9 Å². The zero-order chi connectivity index (χ0) is 21.0. The molecule has 0 saturated carbocycles. The van der Waals surface area contributed by atoms with Gasteiger partial charge in [0.2, 0.25) is 5.91 Å². The zero-order valence-corrected chi connectivity index (χ0v) is 16.0. The summed E-state index contributed by atoms with van der Waals surface area (Å²) < 4.78 is 1.72. The van der Waals surface area contributed by atoms with E-state index >= 15 is 0 Å². The van der Waals surface area contributed by atoms with E-state index in [0.717, 1.165) is 5.69 Å². The average Bonchev–Trinajstić information content (AvgIpc) is 3.21. The largest absolute Gasteiger partial charge is 0.368 e. The molecule has 0 saturated heterocycles. The Morgan fingerprint density at radius 2 is 1.86 bits per heavy atom. The first-order valence-corrected chi connectivity index (χ1v) is 8.95. The molecule has 2 aromatic heterocycles. The molecular weight excluding hydrogens is 372 g/mol. The maximum Gasteiger partial charge on any atom is 0.271 e. The summed E-state index contributed by atoms with van der Waals surface area (Å²) >= 11 is 0. The Kier molecular flexibility index (Phi) is 5.72. The van der Waals surface area contributed by atoms with Crippen LogP contribution in [-0.2, 0) is 4.79 Å². The first kappa shape index (κ1) is 19.8. The quantitative estimate of drug-likeness (QED) is 0.450. The van der Waals surface area contributed by atoms with E-state index in [-0.39, 0.29) is 17.4 Å². The van der Waals surface area contributed by atoms with Gasteiger partial charge in [0.25, 0.3) is 5.91 Å². The fourth-order valence-corrected chi connectivity index (χ4v) is 2.71. The highest BCUT2D eigenvalue weighted by molar-refractivity contribution is 5.96. The van der Waals surface area contributed by atoms with Crippen LogP contribution in [0.15, 0.2) is 48.9 Å². The van der Waals surface area contributed by atoms with Crippen molar-refractivity contribution in [1.82, 2.24) is 19.7 Å². The molecule has 1 atom stereocenters. The van der Waals surface area contributed by atoms with Crippen LogP contribution >= 0.6 is 0 Å². The molecule has 6 N–H and O–H groups in total. The molecule has 0 unspecified atom stereocenters. The van der Waals surface area contributed by atoms with Crippen LogP contribution in [0, 0.1) is 5.92 Å². The third kappa shape index (κ3) is 4.67. The molecule has 3 rings (SSSR count). The lowest BCUT2D eigenvalue weighted by Gasteiger charge is -2.20. The molecule has 3 aromatic rings. The van der Waals surface area contributed by atoms with E-state index in [2.05, 4.69) is 25.7 Å². The van der Waals surface area contributed by atoms with Crippen LogP contribution in [0.25, 0.3) is 5.69 Å². The van der Waals surface area contributed by atoms with Gasteiger partial charge in [-0.1, -0.05) is 13.8 Å². The lowest BCUT2D eigenvalue weighted by molar-refractivity contribution is -0.119. The Bertz CT molecular complexity index is 1000. The number of carbonyl (C=O) groups excluding carboxylic acids is 2. The molecule has 2 amide bonds. The van der Waals surface area contributed by atoms with E-state index in [4.69, 9.17) is 11.5 Å². The number of nitrogens with two attached hydrogens (primary N) is 2. The highest BCUT2D eigenvalue weighted by Gasteiger charge is 2.21. The number of benzene rings is 1. The van der Waals surface area contributed by atoms with E-state index in [0.29, 0.717) is 11.5 Å². The van der Waals surface area contributed by atoms with Gasteiger partial charge < -0.3 is 22.1 Å². The van der Waals surface area contributed by atoms with E-state index < -0.39 is 17.9 Å². The van der Waals surface area contributed by atoms with E-state index in [1.54, 1.807) is 10.9 Å². The molecule has 0 aliphatic carbocycles. The topological polar surface area (TPSA) is 154 Å². The molecule has 0 aliphatic rings. The van der Waals surface area contributed by atoms with Gasteiger partial charge in [0.1, 0.15) is 11.9 Å². The number of primary amides is 2. The summed E-state index contributed by atoms with van der Waals surface area (Å²) in [6.07, 6.45) is 4.86. The van der Waals surface area contributed by atoms with E-state index in [9.17, 15) is 9.59 Å². The molecule has 0 radical (unpaired) electrons. The number of nitrogens with one attached hydrogen (secondary N) is 2. The maximum atomic E-state index is 11.7. The predicted molar refractivity (Wildman–Crippen MR) is 109 cm³/mol. The van der Waals surface area contributed by atoms with Crippen molar-refractivity contribution < 1.29 is 9.59 Å². The smallest absolute Gasteiger partial charge is 0.271 e. The number of nitrogens with zero attached hydrogens (tertiary/aromatic N) is 4. The summed E-state index contributed by atoms with van der Waals surface area (Å²) in [5, 5.41) is 10.2. The molecule has 0 bridgehead atoms. The Morgan fingerprint density at radius 1 is 1.14 bits per heavy atom. The summed E-state index contributed by atoms with van der Waals surface area (Å²) in [6, 6.07) is 8.53. The van der Waals surface area contributed by atoms with Crippen molar-refractivity contribution in [3.63, 3.8) is 0 Å². The second-order valence-corrected chi connectivity index (χ2v) is 6.71. The van der Waals surface area contributed by atoms with Crippen LogP contribution in [0.5, 0.6) is 0 Å². The first-order valence-electron chi connectivity index (χ1n) is 8.95. The number of hydrogen-bond donors (Lipinski definition) is 4. The van der Waals surface area contributed by atoms with Gasteiger partial charge >= 0.3 is 0 Å². The summed E-state index contributed by atoms with van der Waals surface area (Å²) in [6.45, 7) is 3.71. The number of aromatic nitrogens is 4. The minimum atomic E-state index is -0.727. The predicted octanol–water partition coefficient (Wildman–Crippen LogP) is 1.43. The average molecular weight is 394 g/mol. The van der Waals surface area contributed by atoms with Gasteiger partial charge in [0, 0.05) is 18.1 Å². The Morgan fingerprint density at radius 3 is 2.41 bits per heavy atom. The van der Waals surface area contributed by atoms with Gasteiger partial charge in [0.05, 0.1) is 11.9 Å². The lowest BCUT2D eigenvalue weighted by Crippen LogP contribution is -2.39. The SMILES string of the molecule is CC(C)[C@@H](Nc1cnc(C(N)=O)c(Nc2ccc(-n3cccn3)cc2)n1)C(N)=O. The molecular formula is C19H22N8O2. The number of anilines is 3. The molecule has 0 spiro atoms. The number of rotatable bonds is 8. The van der Waals surface area contributed by atoms with Crippen LogP contribution in [0.3, 0.4) is 0 Å². The third-order valence-corrected chi connectivity index (χ3v) is 4.18. The monoisotopic (exact) mass is 394 g/mol. The van der Waals surface area contributed by atoms with Crippen molar-refractivity contribution >= 4 is 29.1 Å². The van der Waals surface area contributed by atoms with Gasteiger partial charge in [-0.15, -0.1) is 0 Å². The van der Waals surface area contributed by atoms with Crippen molar-refractivity contribution in [3.05, 3.63) is 54.6 Å². The van der Waals surface area contributed by atoms with Crippen LogP contribution in [0.1, 0.15) is 24.3 Å².